The van der Waals surface area contributed by atoms with Gasteiger partial charge in [0.15, 0.2) is 6.10 Å². The summed E-state index contributed by atoms with van der Waals surface area (Å²) < 4.78 is 21.3. The molecule has 10 nitrogen and oxygen atoms in total. The van der Waals surface area contributed by atoms with Gasteiger partial charge in [-0.2, -0.15) is 11.8 Å². The van der Waals surface area contributed by atoms with Crippen molar-refractivity contribution < 1.29 is 43.2 Å². The summed E-state index contributed by atoms with van der Waals surface area (Å²) in [4.78, 5) is 48.7. The van der Waals surface area contributed by atoms with Crippen LogP contribution >= 0.6 is 11.8 Å². The molecule has 236 valence electrons. The summed E-state index contributed by atoms with van der Waals surface area (Å²) in [6.45, 7) is 4.91. The molecule has 0 aliphatic heterocycles. The van der Waals surface area contributed by atoms with E-state index < -0.39 is 42.3 Å². The van der Waals surface area contributed by atoms with E-state index in [2.05, 4.69) is 12.2 Å². The van der Waals surface area contributed by atoms with Gasteiger partial charge in [-0.05, 0) is 41.2 Å². The van der Waals surface area contributed by atoms with Crippen molar-refractivity contribution in [2.24, 2.45) is 0 Å². The zero-order valence-electron chi connectivity index (χ0n) is 25.3. The van der Waals surface area contributed by atoms with Gasteiger partial charge in [0.25, 0.3) is 5.91 Å². The maximum atomic E-state index is 12.7. The molecule has 0 aliphatic carbocycles. The van der Waals surface area contributed by atoms with Crippen molar-refractivity contribution in [3.8, 4) is 11.1 Å². The summed E-state index contributed by atoms with van der Waals surface area (Å²) in [5, 5.41) is 13.8. The molecule has 0 saturated heterocycles. The number of methoxy groups -OCH3 is 1. The number of aliphatic hydroxyl groups is 1. The van der Waals surface area contributed by atoms with Gasteiger partial charge < -0.3 is 29.4 Å². The second-order valence-electron chi connectivity index (χ2n) is 9.84. The highest BCUT2D eigenvalue weighted by Crippen LogP contribution is 2.21. The molecule has 2 N–H and O–H groups in total. The fraction of sp³-hybridized carbons (Fsp3) is 0.500. The van der Waals surface area contributed by atoms with Crippen molar-refractivity contribution >= 4 is 35.6 Å². The minimum absolute atomic E-state index is 0.0489. The third-order valence-electron chi connectivity index (χ3n) is 6.45. The summed E-state index contributed by atoms with van der Waals surface area (Å²) in [5.74, 6) is -0.307. The number of carbonyl (C=O) groups excluding carboxylic acids is 4. The van der Waals surface area contributed by atoms with Crippen LogP contribution in [0.4, 0.5) is 0 Å². The minimum Gasteiger partial charge on any atom is -0.467 e. The van der Waals surface area contributed by atoms with E-state index >= 15 is 0 Å². The van der Waals surface area contributed by atoms with Crippen LogP contribution < -0.4 is 5.32 Å². The van der Waals surface area contributed by atoms with Gasteiger partial charge in [0.05, 0.1) is 13.2 Å². The van der Waals surface area contributed by atoms with Crippen LogP contribution in [0.15, 0.2) is 54.6 Å². The number of aliphatic hydroxyl groups excluding tert-OH is 1. The predicted molar refractivity (Wildman–Crippen MR) is 165 cm³/mol. The van der Waals surface area contributed by atoms with E-state index in [-0.39, 0.29) is 31.7 Å². The summed E-state index contributed by atoms with van der Waals surface area (Å²) in [5.41, 5.74) is 2.48. The Bertz CT molecular complexity index is 1140. The summed E-state index contributed by atoms with van der Waals surface area (Å²) in [6, 6.07) is 17.0. The minimum atomic E-state index is -1.26. The molecule has 0 bridgehead atoms. The van der Waals surface area contributed by atoms with Crippen molar-refractivity contribution in [2.45, 2.75) is 70.9 Å². The van der Waals surface area contributed by atoms with Crippen LogP contribution in [0.1, 0.15) is 56.8 Å². The third-order valence-corrected chi connectivity index (χ3v) is 7.43. The number of nitrogens with one attached hydrogen (secondary N) is 1. The van der Waals surface area contributed by atoms with Crippen molar-refractivity contribution in [1.82, 2.24) is 5.32 Å². The third kappa shape index (κ3) is 13.6. The standard InChI is InChI=1S/C32H43NO9S/c1-5-43-19-9-18-40-30(32(38)39-4)21-27(41-22(2)34)20-28(36)29(42-23(3)35)16-17-33-31(37)26-14-12-25(13-15-26)24-10-7-6-8-11-24/h6-8,10-15,27-30,36H,5,9,16-21H2,1-4H3,(H,33,37). The Morgan fingerprint density at radius 1 is 0.907 bits per heavy atom. The molecular formula is C32H43NO9S. The first-order valence-corrected chi connectivity index (χ1v) is 15.5. The number of carbonyl (C=O) groups is 4. The topological polar surface area (TPSA) is 137 Å². The molecule has 0 spiro atoms. The first-order valence-electron chi connectivity index (χ1n) is 14.4. The van der Waals surface area contributed by atoms with Crippen LogP contribution in [-0.4, -0.2) is 85.1 Å². The zero-order valence-corrected chi connectivity index (χ0v) is 26.1. The number of thioether (sulfide) groups is 1. The lowest BCUT2D eigenvalue weighted by atomic mass is 9.99. The molecule has 1 amide bonds. The van der Waals surface area contributed by atoms with E-state index in [0.29, 0.717) is 12.2 Å². The molecule has 0 fully saturated rings. The number of benzene rings is 2. The van der Waals surface area contributed by atoms with Crippen molar-refractivity contribution in [1.29, 1.82) is 0 Å². The van der Waals surface area contributed by atoms with Crippen molar-refractivity contribution in [2.75, 3.05) is 31.8 Å². The quantitative estimate of drug-likeness (QED) is 0.134. The van der Waals surface area contributed by atoms with E-state index in [1.807, 2.05) is 42.5 Å². The molecule has 0 heterocycles. The van der Waals surface area contributed by atoms with Crippen molar-refractivity contribution in [3.05, 3.63) is 60.2 Å². The lowest BCUT2D eigenvalue weighted by molar-refractivity contribution is -0.164. The maximum Gasteiger partial charge on any atom is 0.335 e. The molecular weight excluding hydrogens is 574 g/mol. The Morgan fingerprint density at radius 3 is 2.16 bits per heavy atom. The fourth-order valence-electron chi connectivity index (χ4n) is 4.40. The van der Waals surface area contributed by atoms with Gasteiger partial charge in [0.1, 0.15) is 12.2 Å². The number of hydrogen-bond donors (Lipinski definition) is 2. The zero-order chi connectivity index (χ0) is 31.6. The lowest BCUT2D eigenvalue weighted by Crippen LogP contribution is -2.40. The van der Waals surface area contributed by atoms with Gasteiger partial charge in [0, 0.05) is 51.8 Å². The second kappa shape index (κ2) is 19.7. The maximum absolute atomic E-state index is 12.7. The summed E-state index contributed by atoms with van der Waals surface area (Å²) in [6.07, 6.45) is -3.53. The molecule has 4 unspecified atom stereocenters. The molecule has 11 heteroatoms. The molecule has 43 heavy (non-hydrogen) atoms. The Kier molecular flexibility index (Phi) is 16.4. The number of hydrogen-bond acceptors (Lipinski definition) is 10. The molecule has 0 radical (unpaired) electrons. The Morgan fingerprint density at radius 2 is 1.56 bits per heavy atom. The summed E-state index contributed by atoms with van der Waals surface area (Å²) in [7, 11) is 1.24. The normalized spacial score (nSPS) is 13.7. The largest absolute Gasteiger partial charge is 0.467 e. The molecule has 4 atom stereocenters. The van der Waals surface area contributed by atoms with Crippen molar-refractivity contribution in [3.63, 3.8) is 0 Å². The van der Waals surface area contributed by atoms with E-state index in [1.165, 1.54) is 21.0 Å². The van der Waals surface area contributed by atoms with E-state index in [0.717, 1.165) is 29.1 Å². The number of rotatable bonds is 19. The van der Waals surface area contributed by atoms with E-state index in [4.69, 9.17) is 18.9 Å². The Balaban J connectivity index is 2.00. The number of amides is 1. The average Bonchev–Trinajstić information content (AvgIpc) is 2.99. The highest BCUT2D eigenvalue weighted by molar-refractivity contribution is 7.99. The smallest absolute Gasteiger partial charge is 0.335 e. The number of esters is 3. The van der Waals surface area contributed by atoms with Gasteiger partial charge in [-0.15, -0.1) is 0 Å². The SMILES string of the molecule is CCSCCCOC(CC(CC(O)C(CCNC(=O)c1ccc(-c2ccccc2)cc1)OC(C)=O)OC(C)=O)C(=O)OC. The average molecular weight is 618 g/mol. The van der Waals surface area contributed by atoms with Gasteiger partial charge in [-0.3, -0.25) is 14.4 Å². The van der Waals surface area contributed by atoms with Gasteiger partial charge in [-0.25, -0.2) is 4.79 Å². The number of ether oxygens (including phenoxy) is 4. The van der Waals surface area contributed by atoms with Gasteiger partial charge >= 0.3 is 17.9 Å². The Labute approximate surface area is 257 Å². The Hall–Kier alpha value is -3.41. The lowest BCUT2D eigenvalue weighted by Gasteiger charge is -2.28. The first-order chi connectivity index (χ1) is 20.6. The molecule has 2 aromatic carbocycles. The van der Waals surface area contributed by atoms with Crippen LogP contribution in [0, 0.1) is 0 Å². The highest BCUT2D eigenvalue weighted by atomic mass is 32.2. The van der Waals surface area contributed by atoms with E-state index in [1.54, 1.807) is 23.9 Å². The first kappa shape index (κ1) is 35.8. The molecule has 0 aliphatic rings. The van der Waals surface area contributed by atoms with Crippen LogP contribution in [0.2, 0.25) is 0 Å². The van der Waals surface area contributed by atoms with E-state index in [9.17, 15) is 24.3 Å². The van der Waals surface area contributed by atoms with Gasteiger partial charge in [0.2, 0.25) is 0 Å². The molecule has 0 aromatic heterocycles. The molecule has 2 rings (SSSR count). The second-order valence-corrected chi connectivity index (χ2v) is 11.2. The predicted octanol–water partition coefficient (Wildman–Crippen LogP) is 4.18. The van der Waals surface area contributed by atoms with Gasteiger partial charge in [-0.1, -0.05) is 49.4 Å². The summed E-state index contributed by atoms with van der Waals surface area (Å²) >= 11 is 1.75. The van der Waals surface area contributed by atoms with Crippen LogP contribution in [0.25, 0.3) is 11.1 Å². The fourth-order valence-corrected chi connectivity index (χ4v) is 5.01. The van der Waals surface area contributed by atoms with Crippen LogP contribution in [0.3, 0.4) is 0 Å². The van der Waals surface area contributed by atoms with Crippen LogP contribution in [0.5, 0.6) is 0 Å². The monoisotopic (exact) mass is 617 g/mol. The highest BCUT2D eigenvalue weighted by Gasteiger charge is 2.31. The molecule has 0 saturated carbocycles. The van der Waals surface area contributed by atoms with Crippen LogP contribution in [-0.2, 0) is 33.3 Å². The molecule has 2 aromatic rings.